The minimum absolute atomic E-state index is 0.0113. The average molecular weight is 377 g/mol. The number of methoxy groups -OCH3 is 1. The average Bonchev–Trinajstić information content (AvgIpc) is 2.77. The monoisotopic (exact) mass is 377 g/mol. The third-order valence-corrected chi connectivity index (χ3v) is 5.06. The van der Waals surface area contributed by atoms with Crippen molar-refractivity contribution in [3.8, 4) is 11.5 Å². The largest absolute Gasteiger partial charge is 0.497 e. The van der Waals surface area contributed by atoms with Crippen LogP contribution in [0.5, 0.6) is 11.5 Å². The summed E-state index contributed by atoms with van der Waals surface area (Å²) < 4.78 is 11.2. The van der Waals surface area contributed by atoms with Crippen LogP contribution < -0.4 is 9.47 Å². The standard InChI is InChI=1S/C22H23N3O3/c1-27-17-6-2-7-18(13-17)28-15-16-5-4-12-25(14-16)22(26)19-8-3-9-20-21(19)24-11-10-23-20/h2-3,6-11,13,16H,4-5,12,14-15H2,1H3. The number of aromatic nitrogens is 2. The number of ether oxygens (including phenoxy) is 2. The summed E-state index contributed by atoms with van der Waals surface area (Å²) in [6.45, 7) is 2.01. The van der Waals surface area contributed by atoms with Crippen LogP contribution in [0.4, 0.5) is 0 Å². The fourth-order valence-electron chi connectivity index (χ4n) is 3.63. The van der Waals surface area contributed by atoms with E-state index in [4.69, 9.17) is 9.47 Å². The molecule has 0 radical (unpaired) electrons. The summed E-state index contributed by atoms with van der Waals surface area (Å²) in [7, 11) is 1.64. The molecule has 2 aromatic carbocycles. The summed E-state index contributed by atoms with van der Waals surface area (Å²) in [5, 5.41) is 0. The lowest BCUT2D eigenvalue weighted by Crippen LogP contribution is -2.41. The number of hydrogen-bond acceptors (Lipinski definition) is 5. The van der Waals surface area contributed by atoms with E-state index in [1.807, 2.05) is 47.4 Å². The molecule has 1 fully saturated rings. The molecule has 1 aliphatic rings. The number of piperidine rings is 1. The molecule has 2 heterocycles. The Bertz CT molecular complexity index is 971. The molecule has 1 atom stereocenters. The van der Waals surface area contributed by atoms with Crippen LogP contribution in [0.15, 0.2) is 54.9 Å². The van der Waals surface area contributed by atoms with Crippen molar-refractivity contribution in [2.24, 2.45) is 5.92 Å². The highest BCUT2D eigenvalue weighted by Crippen LogP contribution is 2.24. The van der Waals surface area contributed by atoms with Gasteiger partial charge in [0.25, 0.3) is 5.91 Å². The van der Waals surface area contributed by atoms with Crippen LogP contribution in [-0.2, 0) is 0 Å². The van der Waals surface area contributed by atoms with Gasteiger partial charge in [-0.1, -0.05) is 12.1 Å². The summed E-state index contributed by atoms with van der Waals surface area (Å²) in [5.41, 5.74) is 2.01. The van der Waals surface area contributed by atoms with Gasteiger partial charge in [0, 0.05) is 37.5 Å². The SMILES string of the molecule is COc1cccc(OCC2CCCN(C(=O)c3cccc4nccnc34)C2)c1. The number of nitrogens with zero attached hydrogens (tertiary/aromatic N) is 3. The summed E-state index contributed by atoms with van der Waals surface area (Å²) >= 11 is 0. The van der Waals surface area contributed by atoms with Gasteiger partial charge < -0.3 is 14.4 Å². The van der Waals surface area contributed by atoms with Gasteiger partial charge in [0.15, 0.2) is 0 Å². The maximum absolute atomic E-state index is 13.1. The molecule has 4 rings (SSSR count). The van der Waals surface area contributed by atoms with Crippen molar-refractivity contribution in [2.75, 3.05) is 26.8 Å². The van der Waals surface area contributed by atoms with Crippen LogP contribution in [0.25, 0.3) is 11.0 Å². The first-order chi connectivity index (χ1) is 13.7. The van der Waals surface area contributed by atoms with E-state index in [1.165, 1.54) is 0 Å². The Hall–Kier alpha value is -3.15. The van der Waals surface area contributed by atoms with E-state index >= 15 is 0 Å². The van der Waals surface area contributed by atoms with Gasteiger partial charge in [0.1, 0.15) is 17.0 Å². The lowest BCUT2D eigenvalue weighted by molar-refractivity contribution is 0.0635. The van der Waals surface area contributed by atoms with E-state index in [0.717, 1.165) is 36.4 Å². The highest BCUT2D eigenvalue weighted by Gasteiger charge is 2.26. The quantitative estimate of drug-likeness (QED) is 0.680. The molecule has 6 heteroatoms. The summed E-state index contributed by atoms with van der Waals surface area (Å²) in [6.07, 6.45) is 5.28. The van der Waals surface area contributed by atoms with Crippen molar-refractivity contribution >= 4 is 16.9 Å². The first-order valence-electron chi connectivity index (χ1n) is 9.50. The summed E-state index contributed by atoms with van der Waals surface area (Å²) in [4.78, 5) is 23.7. The molecule has 0 spiro atoms. The highest BCUT2D eigenvalue weighted by atomic mass is 16.5. The lowest BCUT2D eigenvalue weighted by atomic mass is 9.98. The van der Waals surface area contributed by atoms with E-state index in [2.05, 4.69) is 9.97 Å². The molecular weight excluding hydrogens is 354 g/mol. The number of likely N-dealkylation sites (tertiary alicyclic amines) is 1. The molecule has 3 aromatic rings. The first-order valence-corrected chi connectivity index (χ1v) is 9.50. The molecule has 0 bridgehead atoms. The Labute approximate surface area is 164 Å². The molecule has 0 aliphatic carbocycles. The van der Waals surface area contributed by atoms with Gasteiger partial charge in [-0.05, 0) is 37.1 Å². The maximum Gasteiger partial charge on any atom is 0.256 e. The number of amides is 1. The second-order valence-electron chi connectivity index (χ2n) is 6.98. The van der Waals surface area contributed by atoms with Gasteiger partial charge in [-0.2, -0.15) is 0 Å². The van der Waals surface area contributed by atoms with Gasteiger partial charge in [-0.3, -0.25) is 14.8 Å². The minimum Gasteiger partial charge on any atom is -0.497 e. The maximum atomic E-state index is 13.1. The zero-order valence-electron chi connectivity index (χ0n) is 15.9. The number of carbonyl (C=O) groups excluding carboxylic acids is 1. The first kappa shape index (κ1) is 18.2. The van der Waals surface area contributed by atoms with Crippen molar-refractivity contribution in [2.45, 2.75) is 12.8 Å². The molecule has 1 amide bonds. The van der Waals surface area contributed by atoms with E-state index < -0.39 is 0 Å². The second-order valence-corrected chi connectivity index (χ2v) is 6.98. The molecule has 0 N–H and O–H groups in total. The highest BCUT2D eigenvalue weighted by molar-refractivity contribution is 6.04. The van der Waals surface area contributed by atoms with Crippen LogP contribution in [0.3, 0.4) is 0 Å². The van der Waals surface area contributed by atoms with Crippen molar-refractivity contribution in [1.29, 1.82) is 0 Å². The Morgan fingerprint density at radius 1 is 1.14 bits per heavy atom. The number of rotatable bonds is 5. The topological polar surface area (TPSA) is 64.6 Å². The molecular formula is C22H23N3O3. The molecule has 6 nitrogen and oxygen atoms in total. The molecule has 1 aromatic heterocycles. The molecule has 1 unspecified atom stereocenters. The Kier molecular flexibility index (Phi) is 5.37. The second kappa shape index (κ2) is 8.25. The number of hydrogen-bond donors (Lipinski definition) is 0. The van der Waals surface area contributed by atoms with Gasteiger partial charge in [0.2, 0.25) is 0 Å². The summed E-state index contributed by atoms with van der Waals surface area (Å²) in [6, 6.07) is 13.2. The van der Waals surface area contributed by atoms with Crippen molar-refractivity contribution in [1.82, 2.24) is 14.9 Å². The molecule has 144 valence electrons. The number of benzene rings is 2. The third-order valence-electron chi connectivity index (χ3n) is 5.06. The van der Waals surface area contributed by atoms with E-state index in [1.54, 1.807) is 19.5 Å². The Balaban J connectivity index is 1.43. The van der Waals surface area contributed by atoms with Gasteiger partial charge in [-0.25, -0.2) is 0 Å². The predicted octanol–water partition coefficient (Wildman–Crippen LogP) is 3.57. The van der Waals surface area contributed by atoms with Crippen LogP contribution >= 0.6 is 0 Å². The van der Waals surface area contributed by atoms with E-state index in [9.17, 15) is 4.79 Å². The van der Waals surface area contributed by atoms with Crippen LogP contribution in [0.1, 0.15) is 23.2 Å². The Morgan fingerprint density at radius 3 is 2.86 bits per heavy atom. The zero-order valence-corrected chi connectivity index (χ0v) is 15.9. The number of fused-ring (bicyclic) bond motifs is 1. The fourth-order valence-corrected chi connectivity index (χ4v) is 3.63. The minimum atomic E-state index is 0.0113. The predicted molar refractivity (Wildman–Crippen MR) is 107 cm³/mol. The van der Waals surface area contributed by atoms with Crippen LogP contribution in [0.2, 0.25) is 0 Å². The number of carbonyl (C=O) groups is 1. The Morgan fingerprint density at radius 2 is 1.96 bits per heavy atom. The van der Waals surface area contributed by atoms with Gasteiger partial charge in [0.05, 0.1) is 24.8 Å². The number of para-hydroxylation sites is 1. The van der Waals surface area contributed by atoms with E-state index in [0.29, 0.717) is 30.1 Å². The molecule has 1 saturated heterocycles. The van der Waals surface area contributed by atoms with Crippen LogP contribution in [0, 0.1) is 5.92 Å². The summed E-state index contributed by atoms with van der Waals surface area (Å²) in [5.74, 6) is 1.87. The smallest absolute Gasteiger partial charge is 0.256 e. The zero-order chi connectivity index (χ0) is 19.3. The van der Waals surface area contributed by atoms with Crippen LogP contribution in [-0.4, -0.2) is 47.6 Å². The normalized spacial score (nSPS) is 16.8. The fraction of sp³-hybridized carbons (Fsp3) is 0.318. The van der Waals surface area contributed by atoms with Gasteiger partial charge in [-0.15, -0.1) is 0 Å². The van der Waals surface area contributed by atoms with Crippen molar-refractivity contribution in [3.05, 3.63) is 60.4 Å². The van der Waals surface area contributed by atoms with Gasteiger partial charge >= 0.3 is 0 Å². The van der Waals surface area contributed by atoms with E-state index in [-0.39, 0.29) is 5.91 Å². The van der Waals surface area contributed by atoms with Crippen molar-refractivity contribution in [3.63, 3.8) is 0 Å². The lowest BCUT2D eigenvalue weighted by Gasteiger charge is -2.32. The molecule has 1 aliphatic heterocycles. The molecule has 28 heavy (non-hydrogen) atoms. The third kappa shape index (κ3) is 3.91. The molecule has 0 saturated carbocycles. The van der Waals surface area contributed by atoms with Crippen molar-refractivity contribution < 1.29 is 14.3 Å².